The molecule has 5 nitrogen and oxygen atoms in total. The molecule has 0 aliphatic carbocycles. The van der Waals surface area contributed by atoms with Crippen LogP contribution in [-0.4, -0.2) is 37.0 Å². The molecule has 112 valence electrons. The number of carboxylic acid groups (broad SMARTS) is 1. The van der Waals surface area contributed by atoms with Crippen molar-refractivity contribution in [2.45, 2.75) is 32.1 Å². The molecule has 0 saturated heterocycles. The van der Waals surface area contributed by atoms with Crippen molar-refractivity contribution in [1.82, 2.24) is 0 Å². The van der Waals surface area contributed by atoms with Gasteiger partial charge in [0.1, 0.15) is 0 Å². The van der Waals surface area contributed by atoms with Crippen molar-refractivity contribution in [2.24, 2.45) is 0 Å². The number of aliphatic hydroxyl groups is 1. The molecule has 0 atom stereocenters. The summed E-state index contributed by atoms with van der Waals surface area (Å²) in [5, 5.41) is 18.0. The van der Waals surface area contributed by atoms with Crippen molar-refractivity contribution in [1.29, 1.82) is 0 Å². The Morgan fingerprint density at radius 3 is 2.20 bits per heavy atom. The lowest BCUT2D eigenvalue weighted by molar-refractivity contribution is 0.0695. The first-order valence-corrected chi connectivity index (χ1v) is 6.73. The molecule has 0 radical (unpaired) electrons. The third kappa shape index (κ3) is 4.42. The lowest BCUT2D eigenvalue weighted by atomic mass is 10.00. The Labute approximate surface area is 119 Å². The number of unbranched alkanes of at least 4 members (excludes halogenated alkanes) is 3. The van der Waals surface area contributed by atoms with Crippen molar-refractivity contribution >= 4 is 5.97 Å². The largest absolute Gasteiger partial charge is 0.493 e. The third-order valence-electron chi connectivity index (χ3n) is 3.19. The topological polar surface area (TPSA) is 76.0 Å². The minimum absolute atomic E-state index is 0.205. The highest BCUT2D eigenvalue weighted by Crippen LogP contribution is 2.31. The summed E-state index contributed by atoms with van der Waals surface area (Å²) in [7, 11) is 3.02. The van der Waals surface area contributed by atoms with Crippen LogP contribution in [0.5, 0.6) is 11.5 Å². The highest BCUT2D eigenvalue weighted by molar-refractivity contribution is 5.90. The summed E-state index contributed by atoms with van der Waals surface area (Å²) in [6.07, 6.45) is 4.26. The van der Waals surface area contributed by atoms with E-state index in [1.807, 2.05) is 0 Å². The molecule has 0 aromatic heterocycles. The van der Waals surface area contributed by atoms with Crippen LogP contribution in [-0.2, 0) is 6.42 Å². The summed E-state index contributed by atoms with van der Waals surface area (Å²) >= 11 is 0. The Kier molecular flexibility index (Phi) is 6.87. The molecule has 1 rings (SSSR count). The number of ether oxygens (including phenoxy) is 2. The van der Waals surface area contributed by atoms with Crippen molar-refractivity contribution < 1.29 is 24.5 Å². The fraction of sp³-hybridized carbons (Fsp3) is 0.533. The smallest absolute Gasteiger partial charge is 0.336 e. The van der Waals surface area contributed by atoms with Gasteiger partial charge in [-0.2, -0.15) is 0 Å². The molecule has 5 heteroatoms. The Balaban J connectivity index is 2.84. The first-order valence-electron chi connectivity index (χ1n) is 6.73. The molecule has 1 aromatic rings. The highest BCUT2D eigenvalue weighted by atomic mass is 16.5. The lowest BCUT2D eigenvalue weighted by Crippen LogP contribution is -2.05. The zero-order valence-corrected chi connectivity index (χ0v) is 12.0. The van der Waals surface area contributed by atoms with Gasteiger partial charge in [0.2, 0.25) is 0 Å². The quantitative estimate of drug-likeness (QED) is 0.681. The summed E-state index contributed by atoms with van der Waals surface area (Å²) in [5.41, 5.74) is 1.00. The van der Waals surface area contributed by atoms with E-state index in [4.69, 9.17) is 14.6 Å². The van der Waals surface area contributed by atoms with Gasteiger partial charge < -0.3 is 19.7 Å². The Hall–Kier alpha value is -1.75. The Morgan fingerprint density at radius 2 is 1.65 bits per heavy atom. The summed E-state index contributed by atoms with van der Waals surface area (Å²) < 4.78 is 10.3. The molecule has 20 heavy (non-hydrogen) atoms. The van der Waals surface area contributed by atoms with Crippen LogP contribution in [0, 0.1) is 0 Å². The molecule has 0 aliphatic heterocycles. The zero-order valence-electron chi connectivity index (χ0n) is 12.0. The maximum Gasteiger partial charge on any atom is 0.336 e. The fourth-order valence-electron chi connectivity index (χ4n) is 2.11. The van der Waals surface area contributed by atoms with Crippen molar-refractivity contribution in [2.75, 3.05) is 20.8 Å². The van der Waals surface area contributed by atoms with E-state index in [1.54, 1.807) is 6.07 Å². The third-order valence-corrected chi connectivity index (χ3v) is 3.19. The first-order chi connectivity index (χ1) is 9.63. The van der Waals surface area contributed by atoms with Gasteiger partial charge in [-0.15, -0.1) is 0 Å². The van der Waals surface area contributed by atoms with Gasteiger partial charge in [-0.3, -0.25) is 0 Å². The van der Waals surface area contributed by atoms with Gasteiger partial charge in [-0.1, -0.05) is 12.8 Å². The highest BCUT2D eigenvalue weighted by Gasteiger charge is 2.15. The molecule has 0 heterocycles. The molecule has 1 aromatic carbocycles. The van der Waals surface area contributed by atoms with Gasteiger partial charge in [0.15, 0.2) is 11.5 Å². The Morgan fingerprint density at radius 1 is 1.05 bits per heavy atom. The van der Waals surface area contributed by atoms with E-state index in [0.717, 1.165) is 31.2 Å². The molecule has 0 bridgehead atoms. The van der Waals surface area contributed by atoms with E-state index in [2.05, 4.69) is 0 Å². The van der Waals surface area contributed by atoms with E-state index in [0.29, 0.717) is 17.9 Å². The van der Waals surface area contributed by atoms with E-state index < -0.39 is 5.97 Å². The monoisotopic (exact) mass is 282 g/mol. The van der Waals surface area contributed by atoms with Gasteiger partial charge in [0.05, 0.1) is 19.8 Å². The van der Waals surface area contributed by atoms with Crippen LogP contribution in [0.25, 0.3) is 0 Å². The zero-order chi connectivity index (χ0) is 15.0. The predicted molar refractivity (Wildman–Crippen MR) is 75.8 cm³/mol. The lowest BCUT2D eigenvalue weighted by Gasteiger charge is -2.12. The molecule has 2 N–H and O–H groups in total. The minimum atomic E-state index is -0.962. The van der Waals surface area contributed by atoms with Crippen molar-refractivity contribution in [3.05, 3.63) is 23.3 Å². The molecule has 0 fully saturated rings. The first kappa shape index (κ1) is 16.3. The SMILES string of the molecule is COc1cc(CCCCCCO)c(C(=O)O)cc1OC. The average Bonchev–Trinajstić information content (AvgIpc) is 2.46. The van der Waals surface area contributed by atoms with E-state index in [1.165, 1.54) is 20.3 Å². The second-order valence-electron chi connectivity index (χ2n) is 4.56. The summed E-state index contributed by atoms with van der Waals surface area (Å²) in [5.74, 6) is 0.00750. The minimum Gasteiger partial charge on any atom is -0.493 e. The molecule has 0 saturated carbocycles. The molecule has 0 spiro atoms. The molecule has 0 aliphatic rings. The number of rotatable bonds is 9. The van der Waals surface area contributed by atoms with Crippen LogP contribution in [0.15, 0.2) is 12.1 Å². The number of carboxylic acids is 1. The maximum atomic E-state index is 11.3. The number of hydrogen-bond acceptors (Lipinski definition) is 4. The van der Waals surface area contributed by atoms with E-state index in [9.17, 15) is 9.90 Å². The second kappa shape index (κ2) is 8.43. The van der Waals surface area contributed by atoms with Crippen LogP contribution in [0.3, 0.4) is 0 Å². The van der Waals surface area contributed by atoms with Gasteiger partial charge in [-0.25, -0.2) is 4.79 Å². The molecular formula is C15H22O5. The number of benzene rings is 1. The molecule has 0 amide bonds. The maximum absolute atomic E-state index is 11.3. The fourth-order valence-corrected chi connectivity index (χ4v) is 2.11. The average molecular weight is 282 g/mol. The van der Waals surface area contributed by atoms with E-state index >= 15 is 0 Å². The van der Waals surface area contributed by atoms with Crippen LogP contribution in [0.1, 0.15) is 41.6 Å². The molecule has 0 unspecified atom stereocenters. The van der Waals surface area contributed by atoms with Gasteiger partial charge in [0, 0.05) is 6.61 Å². The van der Waals surface area contributed by atoms with Gasteiger partial charge in [0.25, 0.3) is 0 Å². The van der Waals surface area contributed by atoms with E-state index in [-0.39, 0.29) is 12.2 Å². The standard InChI is InChI=1S/C15H22O5/c1-19-13-9-11(7-5-3-4-6-8-16)12(15(17)18)10-14(13)20-2/h9-10,16H,3-8H2,1-2H3,(H,17,18). The summed E-state index contributed by atoms with van der Waals surface area (Å²) in [6.45, 7) is 0.205. The van der Waals surface area contributed by atoms with Crippen molar-refractivity contribution in [3.63, 3.8) is 0 Å². The van der Waals surface area contributed by atoms with Crippen LogP contribution >= 0.6 is 0 Å². The number of methoxy groups -OCH3 is 2. The number of carbonyl (C=O) groups is 1. The van der Waals surface area contributed by atoms with Gasteiger partial charge in [-0.05, 0) is 37.0 Å². The summed E-state index contributed by atoms with van der Waals surface area (Å²) in [4.78, 5) is 11.3. The predicted octanol–water partition coefficient (Wildman–Crippen LogP) is 2.50. The van der Waals surface area contributed by atoms with Crippen LogP contribution < -0.4 is 9.47 Å². The van der Waals surface area contributed by atoms with Crippen LogP contribution in [0.4, 0.5) is 0 Å². The number of aliphatic hydroxyl groups excluding tert-OH is 1. The number of hydrogen-bond donors (Lipinski definition) is 2. The van der Waals surface area contributed by atoms with Gasteiger partial charge >= 0.3 is 5.97 Å². The molecular weight excluding hydrogens is 260 g/mol. The summed E-state index contributed by atoms with van der Waals surface area (Å²) in [6, 6.07) is 3.23. The Bertz CT molecular complexity index is 442. The van der Waals surface area contributed by atoms with Crippen LogP contribution in [0.2, 0.25) is 0 Å². The number of aromatic carboxylic acids is 1. The van der Waals surface area contributed by atoms with Crippen molar-refractivity contribution in [3.8, 4) is 11.5 Å². The normalized spacial score (nSPS) is 10.3. The second-order valence-corrected chi connectivity index (χ2v) is 4.56. The number of aryl methyl sites for hydroxylation is 1.